The van der Waals surface area contributed by atoms with Gasteiger partial charge in [0.15, 0.2) is 0 Å². The summed E-state index contributed by atoms with van der Waals surface area (Å²) in [5.74, 6) is 0.0235. The highest BCUT2D eigenvalue weighted by Gasteiger charge is 2.19. The van der Waals surface area contributed by atoms with Gasteiger partial charge in [0, 0.05) is 17.0 Å². The predicted octanol–water partition coefficient (Wildman–Crippen LogP) is 5.66. The van der Waals surface area contributed by atoms with Crippen molar-refractivity contribution in [2.75, 3.05) is 0 Å². The molecule has 3 aromatic rings. The van der Waals surface area contributed by atoms with Crippen molar-refractivity contribution in [1.82, 2.24) is 10.3 Å². The Kier molecular flexibility index (Phi) is 5.19. The summed E-state index contributed by atoms with van der Waals surface area (Å²) in [7, 11) is 0. The average molecular weight is 358 g/mol. The summed E-state index contributed by atoms with van der Waals surface area (Å²) < 4.78 is 0. The Morgan fingerprint density at radius 3 is 2.44 bits per heavy atom. The zero-order chi connectivity index (χ0) is 18.6. The number of fused-ring (bicyclic) bond motifs is 1. The number of nitrogens with one attached hydrogen (secondary N) is 1. The molecular formula is C24H26N2O. The molecule has 1 amide bonds. The molecule has 1 fully saturated rings. The summed E-state index contributed by atoms with van der Waals surface area (Å²) >= 11 is 0. The van der Waals surface area contributed by atoms with E-state index in [0.717, 1.165) is 46.1 Å². The molecule has 0 aliphatic heterocycles. The molecule has 1 heterocycles. The fourth-order valence-corrected chi connectivity index (χ4v) is 4.05. The molecule has 0 saturated heterocycles. The number of nitrogens with zero attached hydrogens (tertiary/aromatic N) is 1. The third kappa shape index (κ3) is 3.87. The Morgan fingerprint density at radius 2 is 1.67 bits per heavy atom. The van der Waals surface area contributed by atoms with Crippen molar-refractivity contribution < 1.29 is 4.79 Å². The van der Waals surface area contributed by atoms with Crippen molar-refractivity contribution in [3.05, 3.63) is 65.7 Å². The lowest BCUT2D eigenvalue weighted by Gasteiger charge is -2.18. The second-order valence-electron chi connectivity index (χ2n) is 7.55. The first-order valence-corrected chi connectivity index (χ1v) is 9.99. The van der Waals surface area contributed by atoms with Gasteiger partial charge < -0.3 is 5.32 Å². The number of hydrogen-bond acceptors (Lipinski definition) is 2. The van der Waals surface area contributed by atoms with Gasteiger partial charge in [-0.25, -0.2) is 4.98 Å². The quantitative estimate of drug-likeness (QED) is 0.614. The van der Waals surface area contributed by atoms with Gasteiger partial charge in [0.25, 0.3) is 5.91 Å². The Bertz CT molecular complexity index is 956. The third-order valence-corrected chi connectivity index (χ3v) is 5.57. The molecule has 138 valence electrons. The normalized spacial score (nSPS) is 15.4. The monoisotopic (exact) mass is 358 g/mol. The van der Waals surface area contributed by atoms with Crippen LogP contribution in [-0.2, 0) is 0 Å². The van der Waals surface area contributed by atoms with Crippen molar-refractivity contribution in [3.63, 3.8) is 0 Å². The van der Waals surface area contributed by atoms with Crippen LogP contribution in [0, 0.1) is 6.92 Å². The largest absolute Gasteiger partial charge is 0.349 e. The topological polar surface area (TPSA) is 42.0 Å². The number of aromatic nitrogens is 1. The van der Waals surface area contributed by atoms with E-state index in [9.17, 15) is 4.79 Å². The van der Waals surface area contributed by atoms with E-state index in [-0.39, 0.29) is 11.9 Å². The second-order valence-corrected chi connectivity index (χ2v) is 7.55. The van der Waals surface area contributed by atoms with Gasteiger partial charge in [-0.2, -0.15) is 0 Å². The molecule has 0 spiro atoms. The smallest absolute Gasteiger partial charge is 0.252 e. The number of pyridine rings is 1. The van der Waals surface area contributed by atoms with E-state index in [2.05, 4.69) is 24.4 Å². The van der Waals surface area contributed by atoms with E-state index >= 15 is 0 Å². The lowest BCUT2D eigenvalue weighted by Crippen LogP contribution is -2.34. The zero-order valence-corrected chi connectivity index (χ0v) is 15.9. The number of para-hydroxylation sites is 1. The van der Waals surface area contributed by atoms with E-state index in [4.69, 9.17) is 4.98 Å². The molecular weight excluding hydrogens is 332 g/mol. The van der Waals surface area contributed by atoms with Crippen LogP contribution in [0.5, 0.6) is 0 Å². The maximum absolute atomic E-state index is 13.2. The number of rotatable bonds is 3. The summed E-state index contributed by atoms with van der Waals surface area (Å²) in [5, 5.41) is 4.21. The number of amides is 1. The molecule has 1 saturated carbocycles. The summed E-state index contributed by atoms with van der Waals surface area (Å²) in [6.07, 6.45) is 7.13. The van der Waals surface area contributed by atoms with E-state index in [1.54, 1.807) is 0 Å². The summed E-state index contributed by atoms with van der Waals surface area (Å²) in [4.78, 5) is 18.0. The van der Waals surface area contributed by atoms with Crippen molar-refractivity contribution in [2.45, 2.75) is 51.5 Å². The van der Waals surface area contributed by atoms with E-state index in [1.165, 1.54) is 25.7 Å². The third-order valence-electron chi connectivity index (χ3n) is 5.57. The molecule has 0 bridgehead atoms. The Labute approximate surface area is 160 Å². The van der Waals surface area contributed by atoms with Gasteiger partial charge in [-0.3, -0.25) is 4.79 Å². The van der Waals surface area contributed by atoms with Gasteiger partial charge in [-0.15, -0.1) is 0 Å². The van der Waals surface area contributed by atoms with Gasteiger partial charge in [0.1, 0.15) is 0 Å². The molecule has 3 heteroatoms. The summed E-state index contributed by atoms with van der Waals surface area (Å²) in [6, 6.07) is 18.4. The number of carbonyl (C=O) groups is 1. The lowest BCUT2D eigenvalue weighted by molar-refractivity contribution is 0.0935. The molecule has 1 aliphatic carbocycles. The van der Waals surface area contributed by atoms with Crippen LogP contribution in [0.25, 0.3) is 22.2 Å². The molecule has 0 unspecified atom stereocenters. The molecule has 3 nitrogen and oxygen atoms in total. The molecule has 2 aromatic carbocycles. The van der Waals surface area contributed by atoms with Crippen molar-refractivity contribution in [3.8, 4) is 11.3 Å². The van der Waals surface area contributed by atoms with Crippen LogP contribution >= 0.6 is 0 Å². The highest BCUT2D eigenvalue weighted by atomic mass is 16.1. The zero-order valence-electron chi connectivity index (χ0n) is 15.9. The standard InChI is InChI=1S/C24H26N2O/c1-17-10-6-7-13-19(17)23-16-21(20-14-8-9-15-22(20)26-23)24(27)25-18-11-4-2-3-5-12-18/h6-10,13-16,18H,2-5,11-12H2,1H3,(H,25,27). The van der Waals surface area contributed by atoms with Crippen LogP contribution < -0.4 is 5.32 Å². The van der Waals surface area contributed by atoms with Gasteiger partial charge in [-0.1, -0.05) is 68.1 Å². The van der Waals surface area contributed by atoms with Gasteiger partial charge in [0.2, 0.25) is 0 Å². The Morgan fingerprint density at radius 1 is 0.963 bits per heavy atom. The number of carbonyl (C=O) groups excluding carboxylic acids is 1. The van der Waals surface area contributed by atoms with Crippen LogP contribution in [0.1, 0.15) is 54.4 Å². The van der Waals surface area contributed by atoms with Crippen molar-refractivity contribution in [1.29, 1.82) is 0 Å². The summed E-state index contributed by atoms with van der Waals surface area (Å²) in [6.45, 7) is 2.08. The van der Waals surface area contributed by atoms with E-state index in [1.807, 2.05) is 42.5 Å². The van der Waals surface area contributed by atoms with Gasteiger partial charge in [-0.05, 0) is 37.5 Å². The molecule has 1 N–H and O–H groups in total. The fraction of sp³-hybridized carbons (Fsp3) is 0.333. The molecule has 0 radical (unpaired) electrons. The first-order chi connectivity index (χ1) is 13.2. The number of benzene rings is 2. The highest BCUT2D eigenvalue weighted by molar-refractivity contribution is 6.07. The van der Waals surface area contributed by atoms with Crippen LogP contribution in [0.4, 0.5) is 0 Å². The van der Waals surface area contributed by atoms with Gasteiger partial charge in [0.05, 0.1) is 16.8 Å². The molecule has 1 aliphatic rings. The van der Waals surface area contributed by atoms with Gasteiger partial charge >= 0.3 is 0 Å². The predicted molar refractivity (Wildman–Crippen MR) is 111 cm³/mol. The number of hydrogen-bond donors (Lipinski definition) is 1. The first kappa shape index (κ1) is 17.7. The minimum Gasteiger partial charge on any atom is -0.349 e. The highest BCUT2D eigenvalue weighted by Crippen LogP contribution is 2.27. The molecule has 4 rings (SSSR count). The number of aryl methyl sites for hydroxylation is 1. The average Bonchev–Trinajstić information content (AvgIpc) is 2.96. The van der Waals surface area contributed by atoms with Crippen LogP contribution in [0.3, 0.4) is 0 Å². The molecule has 1 aromatic heterocycles. The SMILES string of the molecule is Cc1ccccc1-c1cc(C(=O)NC2CCCCCC2)c2ccccc2n1. The van der Waals surface area contributed by atoms with Crippen molar-refractivity contribution >= 4 is 16.8 Å². The van der Waals surface area contributed by atoms with Crippen LogP contribution in [0.15, 0.2) is 54.6 Å². The van der Waals surface area contributed by atoms with Crippen molar-refractivity contribution in [2.24, 2.45) is 0 Å². The molecule has 27 heavy (non-hydrogen) atoms. The Balaban J connectivity index is 1.74. The van der Waals surface area contributed by atoms with Crippen LogP contribution in [0.2, 0.25) is 0 Å². The van der Waals surface area contributed by atoms with E-state index < -0.39 is 0 Å². The minimum atomic E-state index is 0.0235. The Hall–Kier alpha value is -2.68. The minimum absolute atomic E-state index is 0.0235. The van der Waals surface area contributed by atoms with Crippen LogP contribution in [-0.4, -0.2) is 16.9 Å². The summed E-state index contributed by atoms with van der Waals surface area (Å²) in [5.41, 5.74) is 4.69. The lowest BCUT2D eigenvalue weighted by atomic mass is 10.00. The van der Waals surface area contributed by atoms with E-state index in [0.29, 0.717) is 0 Å². The second kappa shape index (κ2) is 7.91. The maximum atomic E-state index is 13.2. The molecule has 0 atom stereocenters. The maximum Gasteiger partial charge on any atom is 0.252 e. The fourth-order valence-electron chi connectivity index (χ4n) is 4.05. The first-order valence-electron chi connectivity index (χ1n) is 9.99.